The van der Waals surface area contributed by atoms with Gasteiger partial charge in [0.25, 0.3) is 5.91 Å². The SMILES string of the molecule is CC(C)(C)NC(=O)CN1[C@@H]2CC[C@H]1C[C@H](CNC(=O)c1cccc3c1OCCO3)C2. The van der Waals surface area contributed by atoms with Gasteiger partial charge in [0.2, 0.25) is 5.91 Å². The number of fused-ring (bicyclic) bond motifs is 3. The fourth-order valence-electron chi connectivity index (χ4n) is 5.02. The van der Waals surface area contributed by atoms with Crippen molar-refractivity contribution in [3.05, 3.63) is 23.8 Å². The number of piperidine rings is 1. The van der Waals surface area contributed by atoms with Gasteiger partial charge in [-0.3, -0.25) is 14.5 Å². The lowest BCUT2D eigenvalue weighted by Gasteiger charge is -2.39. The number of para-hydroxylation sites is 1. The van der Waals surface area contributed by atoms with Crippen LogP contribution in [0, 0.1) is 5.92 Å². The summed E-state index contributed by atoms with van der Waals surface area (Å²) in [6, 6.07) is 6.29. The Balaban J connectivity index is 1.31. The predicted octanol–water partition coefficient (Wildman–Crippen LogP) is 2.35. The standard InChI is InChI=1S/C23H33N3O4/c1-23(2,3)25-20(27)14-26-16-7-8-17(26)12-15(11-16)13-24-22(28)18-5-4-6-19-21(18)30-10-9-29-19/h4-6,15-17H,7-14H2,1-3H3,(H,24,28)(H,25,27)/t15-,16-,17+. The molecule has 3 aliphatic rings. The van der Waals surface area contributed by atoms with Crippen LogP contribution < -0.4 is 20.1 Å². The Labute approximate surface area is 178 Å². The summed E-state index contributed by atoms with van der Waals surface area (Å²) in [6.07, 6.45) is 4.31. The highest BCUT2D eigenvalue weighted by atomic mass is 16.6. The molecule has 2 fully saturated rings. The molecule has 2 saturated heterocycles. The highest BCUT2D eigenvalue weighted by Gasteiger charge is 2.41. The molecule has 0 radical (unpaired) electrons. The number of benzene rings is 1. The molecule has 0 spiro atoms. The quantitative estimate of drug-likeness (QED) is 0.772. The maximum absolute atomic E-state index is 12.8. The fourth-order valence-corrected chi connectivity index (χ4v) is 5.02. The molecule has 0 aromatic heterocycles. The zero-order valence-electron chi connectivity index (χ0n) is 18.2. The van der Waals surface area contributed by atoms with Crippen molar-refractivity contribution < 1.29 is 19.1 Å². The molecule has 1 aromatic carbocycles. The number of hydrogen-bond acceptors (Lipinski definition) is 5. The molecule has 2 bridgehead atoms. The average molecular weight is 416 g/mol. The smallest absolute Gasteiger partial charge is 0.255 e. The Bertz CT molecular complexity index is 790. The Morgan fingerprint density at radius 1 is 1.10 bits per heavy atom. The van der Waals surface area contributed by atoms with E-state index in [1.54, 1.807) is 6.07 Å². The van der Waals surface area contributed by atoms with E-state index in [2.05, 4.69) is 15.5 Å². The minimum Gasteiger partial charge on any atom is -0.486 e. The molecule has 3 aliphatic heterocycles. The Hall–Kier alpha value is -2.28. The van der Waals surface area contributed by atoms with E-state index in [0.29, 0.717) is 61.4 Å². The second-order valence-electron chi connectivity index (χ2n) is 9.73. The Kier molecular flexibility index (Phi) is 5.91. The van der Waals surface area contributed by atoms with Crippen LogP contribution in [0.4, 0.5) is 0 Å². The van der Waals surface area contributed by atoms with Crippen molar-refractivity contribution in [3.63, 3.8) is 0 Å². The van der Waals surface area contributed by atoms with Gasteiger partial charge in [-0.15, -0.1) is 0 Å². The van der Waals surface area contributed by atoms with E-state index in [-0.39, 0.29) is 17.4 Å². The van der Waals surface area contributed by atoms with Crippen molar-refractivity contribution >= 4 is 11.8 Å². The molecule has 7 nitrogen and oxygen atoms in total. The van der Waals surface area contributed by atoms with Crippen LogP contribution in [-0.4, -0.2) is 60.6 Å². The second kappa shape index (κ2) is 8.46. The summed E-state index contributed by atoms with van der Waals surface area (Å²) in [5.74, 6) is 1.60. The largest absolute Gasteiger partial charge is 0.486 e. The highest BCUT2D eigenvalue weighted by molar-refractivity contribution is 5.97. The van der Waals surface area contributed by atoms with E-state index < -0.39 is 0 Å². The lowest BCUT2D eigenvalue weighted by atomic mass is 9.90. The minimum absolute atomic E-state index is 0.0993. The van der Waals surface area contributed by atoms with Crippen LogP contribution in [0.1, 0.15) is 56.8 Å². The molecule has 4 rings (SSSR count). The molecule has 7 heteroatoms. The van der Waals surface area contributed by atoms with Crippen molar-refractivity contribution in [1.82, 2.24) is 15.5 Å². The maximum atomic E-state index is 12.8. The molecule has 0 unspecified atom stereocenters. The number of nitrogens with zero attached hydrogens (tertiary/aromatic N) is 1. The summed E-state index contributed by atoms with van der Waals surface area (Å²) in [7, 11) is 0. The average Bonchev–Trinajstić information content (AvgIpc) is 2.92. The van der Waals surface area contributed by atoms with Gasteiger partial charge in [0.15, 0.2) is 11.5 Å². The maximum Gasteiger partial charge on any atom is 0.255 e. The molecule has 2 amide bonds. The Morgan fingerprint density at radius 3 is 2.50 bits per heavy atom. The monoisotopic (exact) mass is 415 g/mol. The van der Waals surface area contributed by atoms with Crippen molar-refractivity contribution in [2.24, 2.45) is 5.92 Å². The normalized spacial score (nSPS) is 25.6. The lowest BCUT2D eigenvalue weighted by Crippen LogP contribution is -2.52. The third-order valence-corrected chi connectivity index (χ3v) is 6.18. The summed E-state index contributed by atoms with van der Waals surface area (Å²) < 4.78 is 11.2. The molecule has 1 aromatic rings. The van der Waals surface area contributed by atoms with Crippen LogP contribution in [0.5, 0.6) is 11.5 Å². The Morgan fingerprint density at radius 2 is 1.80 bits per heavy atom. The second-order valence-corrected chi connectivity index (χ2v) is 9.73. The third kappa shape index (κ3) is 4.72. The zero-order chi connectivity index (χ0) is 21.3. The van der Waals surface area contributed by atoms with E-state index in [1.165, 1.54) is 0 Å². The van der Waals surface area contributed by atoms with E-state index in [4.69, 9.17) is 9.47 Å². The highest BCUT2D eigenvalue weighted by Crippen LogP contribution is 2.38. The molecule has 3 atom stereocenters. The number of rotatable bonds is 5. The molecule has 0 aliphatic carbocycles. The zero-order valence-corrected chi connectivity index (χ0v) is 18.2. The third-order valence-electron chi connectivity index (χ3n) is 6.18. The molecule has 30 heavy (non-hydrogen) atoms. The van der Waals surface area contributed by atoms with Crippen LogP contribution in [0.2, 0.25) is 0 Å². The van der Waals surface area contributed by atoms with Gasteiger partial charge in [0, 0.05) is 24.2 Å². The number of nitrogens with one attached hydrogen (secondary N) is 2. The summed E-state index contributed by atoms with van der Waals surface area (Å²) in [5, 5.41) is 6.17. The molecule has 3 heterocycles. The van der Waals surface area contributed by atoms with Crippen LogP contribution in [0.15, 0.2) is 18.2 Å². The predicted molar refractivity (Wildman–Crippen MR) is 114 cm³/mol. The summed E-state index contributed by atoms with van der Waals surface area (Å²) >= 11 is 0. The van der Waals surface area contributed by atoms with Gasteiger partial charge >= 0.3 is 0 Å². The van der Waals surface area contributed by atoms with E-state index in [1.807, 2.05) is 32.9 Å². The van der Waals surface area contributed by atoms with Crippen LogP contribution >= 0.6 is 0 Å². The van der Waals surface area contributed by atoms with E-state index >= 15 is 0 Å². The molecular formula is C23H33N3O4. The molecule has 2 N–H and O–H groups in total. The summed E-state index contributed by atoms with van der Waals surface area (Å²) in [4.78, 5) is 27.5. The van der Waals surface area contributed by atoms with Gasteiger partial charge in [0.1, 0.15) is 13.2 Å². The first-order valence-electron chi connectivity index (χ1n) is 11.0. The number of ether oxygens (including phenoxy) is 2. The number of hydrogen-bond donors (Lipinski definition) is 2. The number of carbonyl (C=O) groups excluding carboxylic acids is 2. The van der Waals surface area contributed by atoms with Crippen LogP contribution in [0.3, 0.4) is 0 Å². The fraction of sp³-hybridized carbons (Fsp3) is 0.652. The first-order chi connectivity index (χ1) is 14.3. The summed E-state index contributed by atoms with van der Waals surface area (Å²) in [5.41, 5.74) is 0.330. The van der Waals surface area contributed by atoms with Gasteiger partial charge in [-0.05, 0) is 64.5 Å². The van der Waals surface area contributed by atoms with Gasteiger partial charge in [-0.25, -0.2) is 0 Å². The first kappa shape index (κ1) is 21.0. The van der Waals surface area contributed by atoms with Gasteiger partial charge in [0.05, 0.1) is 12.1 Å². The minimum atomic E-state index is -0.204. The van der Waals surface area contributed by atoms with Gasteiger partial charge in [-0.2, -0.15) is 0 Å². The van der Waals surface area contributed by atoms with Crippen molar-refractivity contribution in [1.29, 1.82) is 0 Å². The van der Waals surface area contributed by atoms with Crippen LogP contribution in [0.25, 0.3) is 0 Å². The molecular weight excluding hydrogens is 382 g/mol. The van der Waals surface area contributed by atoms with Gasteiger partial charge in [-0.1, -0.05) is 6.07 Å². The van der Waals surface area contributed by atoms with Crippen LogP contribution in [-0.2, 0) is 4.79 Å². The van der Waals surface area contributed by atoms with Crippen molar-refractivity contribution in [2.45, 2.75) is 64.1 Å². The van der Waals surface area contributed by atoms with E-state index in [9.17, 15) is 9.59 Å². The lowest BCUT2D eigenvalue weighted by molar-refractivity contribution is -0.125. The molecule has 0 saturated carbocycles. The topological polar surface area (TPSA) is 79.9 Å². The van der Waals surface area contributed by atoms with Crippen molar-refractivity contribution in [2.75, 3.05) is 26.3 Å². The summed E-state index contributed by atoms with van der Waals surface area (Å²) in [6.45, 7) is 8.12. The van der Waals surface area contributed by atoms with Gasteiger partial charge < -0.3 is 20.1 Å². The van der Waals surface area contributed by atoms with E-state index in [0.717, 1.165) is 25.7 Å². The molecule has 164 valence electrons. The number of amides is 2. The van der Waals surface area contributed by atoms with Crippen molar-refractivity contribution in [3.8, 4) is 11.5 Å². The first-order valence-corrected chi connectivity index (χ1v) is 11.0. The number of carbonyl (C=O) groups is 2.